The highest BCUT2D eigenvalue weighted by Gasteiger charge is 2.32. The van der Waals surface area contributed by atoms with Crippen LogP contribution in [0.5, 0.6) is 0 Å². The molecule has 1 atom stereocenters. The first-order valence-corrected chi connectivity index (χ1v) is 5.06. The summed E-state index contributed by atoms with van der Waals surface area (Å²) in [7, 11) is 2.23. The summed E-state index contributed by atoms with van der Waals surface area (Å²) in [4.78, 5) is 0. The predicted molar refractivity (Wildman–Crippen MR) is 57.8 cm³/mol. The molecule has 0 spiro atoms. The fourth-order valence-electron chi connectivity index (χ4n) is 2.27. The van der Waals surface area contributed by atoms with E-state index in [2.05, 4.69) is 37.4 Å². The van der Waals surface area contributed by atoms with Crippen LogP contribution in [0, 0.1) is 11.3 Å². The molecule has 0 fully saturated rings. The summed E-state index contributed by atoms with van der Waals surface area (Å²) in [6, 6.07) is 10.8. The van der Waals surface area contributed by atoms with Crippen molar-refractivity contribution < 1.29 is 0 Å². The second kappa shape index (κ2) is 3.43. The number of para-hydroxylation sites is 1. The lowest BCUT2D eigenvalue weighted by Gasteiger charge is -2.28. The monoisotopic (exact) mass is 187 g/mol. The third kappa shape index (κ3) is 1.40. The first kappa shape index (κ1) is 9.23. The highest BCUT2D eigenvalue weighted by Crippen LogP contribution is 2.32. The van der Waals surface area contributed by atoms with Crippen molar-refractivity contribution in [3.8, 4) is 6.07 Å². The largest absolute Gasteiger partial charge is 0.292 e. The summed E-state index contributed by atoms with van der Waals surface area (Å²) in [6.07, 6.45) is 1.79. The normalized spacial score (nSPS) is 24.3. The number of hydrogen-bond donors (Lipinski definition) is 0. The maximum atomic E-state index is 8.63. The summed E-state index contributed by atoms with van der Waals surface area (Å²) in [5.41, 5.74) is 2.86. The van der Waals surface area contributed by atoms with Crippen LogP contribution in [0.15, 0.2) is 24.3 Å². The van der Waals surface area contributed by atoms with Crippen LogP contribution in [-0.2, 0) is 6.42 Å². The molecule has 0 aliphatic carbocycles. The Morgan fingerprint density at radius 1 is 1.43 bits per heavy atom. The van der Waals surface area contributed by atoms with E-state index in [1.807, 2.05) is 0 Å². The van der Waals surface area contributed by atoms with Gasteiger partial charge in [0.1, 0.15) is 5.69 Å². The lowest BCUT2D eigenvalue weighted by atomic mass is 10.2. The molecule has 1 unspecified atom stereocenters. The fraction of sp³-hybridized carbons (Fsp3) is 0.417. The quantitative estimate of drug-likeness (QED) is 0.650. The van der Waals surface area contributed by atoms with Gasteiger partial charge in [0.05, 0.1) is 32.6 Å². The molecule has 0 saturated heterocycles. The molecule has 0 bridgehead atoms. The van der Waals surface area contributed by atoms with Gasteiger partial charge in [-0.1, -0.05) is 18.2 Å². The van der Waals surface area contributed by atoms with E-state index >= 15 is 0 Å². The van der Waals surface area contributed by atoms with Gasteiger partial charge in [0.15, 0.2) is 0 Å². The molecule has 0 aromatic heterocycles. The van der Waals surface area contributed by atoms with Crippen molar-refractivity contribution in [1.82, 2.24) is 4.48 Å². The Hall–Kier alpha value is -1.33. The van der Waals surface area contributed by atoms with Gasteiger partial charge in [-0.3, -0.25) is 4.48 Å². The molecule has 1 heterocycles. The number of fused-ring (bicyclic) bond motifs is 1. The van der Waals surface area contributed by atoms with Crippen LogP contribution in [0.25, 0.3) is 0 Å². The summed E-state index contributed by atoms with van der Waals surface area (Å²) >= 11 is 0. The minimum Gasteiger partial charge on any atom is -0.292 e. The molecule has 0 saturated carbocycles. The van der Waals surface area contributed by atoms with Gasteiger partial charge in [0, 0.05) is 12.0 Å². The van der Waals surface area contributed by atoms with Crippen LogP contribution >= 0.6 is 0 Å². The third-order valence-electron chi connectivity index (χ3n) is 3.17. The van der Waals surface area contributed by atoms with Crippen molar-refractivity contribution in [3.63, 3.8) is 0 Å². The van der Waals surface area contributed by atoms with Crippen molar-refractivity contribution in [3.05, 3.63) is 29.8 Å². The molecule has 2 nitrogen and oxygen atoms in total. The van der Waals surface area contributed by atoms with Crippen molar-refractivity contribution in [2.75, 3.05) is 20.1 Å². The topological polar surface area (TPSA) is 23.8 Å². The van der Waals surface area contributed by atoms with Crippen molar-refractivity contribution in [1.29, 1.82) is 5.26 Å². The average molecular weight is 187 g/mol. The van der Waals surface area contributed by atoms with Gasteiger partial charge in [-0.05, 0) is 6.07 Å². The molecule has 2 rings (SSSR count). The smallest absolute Gasteiger partial charge is 0.136 e. The van der Waals surface area contributed by atoms with E-state index in [1.165, 1.54) is 11.3 Å². The van der Waals surface area contributed by atoms with Gasteiger partial charge in [0.25, 0.3) is 0 Å². The summed E-state index contributed by atoms with van der Waals surface area (Å²) in [6.45, 7) is 2.08. The van der Waals surface area contributed by atoms with Crippen molar-refractivity contribution >= 4 is 5.69 Å². The van der Waals surface area contributed by atoms with Crippen molar-refractivity contribution in [2.24, 2.45) is 0 Å². The van der Waals surface area contributed by atoms with E-state index in [0.717, 1.165) is 24.0 Å². The zero-order chi connectivity index (χ0) is 10.0. The Balaban J connectivity index is 2.29. The second-order valence-corrected chi connectivity index (χ2v) is 4.13. The number of quaternary nitrogens is 1. The van der Waals surface area contributed by atoms with E-state index in [9.17, 15) is 0 Å². The van der Waals surface area contributed by atoms with Crippen LogP contribution < -0.4 is 4.48 Å². The van der Waals surface area contributed by atoms with Gasteiger partial charge in [-0.2, -0.15) is 5.26 Å². The zero-order valence-corrected chi connectivity index (χ0v) is 8.53. The molecule has 1 aromatic rings. The first-order valence-electron chi connectivity index (χ1n) is 5.06. The highest BCUT2D eigenvalue weighted by atomic mass is 15.3. The Morgan fingerprint density at radius 2 is 2.21 bits per heavy atom. The van der Waals surface area contributed by atoms with Gasteiger partial charge in [-0.25, -0.2) is 0 Å². The molecular weight excluding hydrogens is 172 g/mol. The molecule has 1 aliphatic rings. The van der Waals surface area contributed by atoms with Crippen LogP contribution in [0.3, 0.4) is 0 Å². The molecule has 1 aliphatic heterocycles. The lowest BCUT2D eigenvalue weighted by Crippen LogP contribution is -2.43. The van der Waals surface area contributed by atoms with Crippen LogP contribution in [-0.4, -0.2) is 20.1 Å². The molecule has 0 amide bonds. The van der Waals surface area contributed by atoms with E-state index in [-0.39, 0.29) is 0 Å². The Morgan fingerprint density at radius 3 is 3.00 bits per heavy atom. The molecule has 0 radical (unpaired) electrons. The van der Waals surface area contributed by atoms with E-state index in [0.29, 0.717) is 6.42 Å². The van der Waals surface area contributed by atoms with E-state index in [1.54, 1.807) is 0 Å². The number of nitriles is 1. The van der Waals surface area contributed by atoms with Crippen LogP contribution in [0.1, 0.15) is 12.0 Å². The van der Waals surface area contributed by atoms with E-state index < -0.39 is 0 Å². The molecule has 0 N–H and O–H groups in total. The maximum Gasteiger partial charge on any atom is 0.136 e. The highest BCUT2D eigenvalue weighted by molar-refractivity contribution is 5.54. The molecular formula is C12H15N2+. The maximum absolute atomic E-state index is 8.63. The van der Waals surface area contributed by atoms with E-state index in [4.69, 9.17) is 5.26 Å². The third-order valence-corrected chi connectivity index (χ3v) is 3.17. The Kier molecular flexibility index (Phi) is 2.26. The number of rotatable bonds is 2. The minimum atomic E-state index is 0.644. The lowest BCUT2D eigenvalue weighted by molar-refractivity contribution is 0.364. The zero-order valence-electron chi connectivity index (χ0n) is 8.53. The fourth-order valence-corrected chi connectivity index (χ4v) is 2.27. The molecule has 2 heteroatoms. The second-order valence-electron chi connectivity index (χ2n) is 4.13. The predicted octanol–water partition coefficient (Wildman–Crippen LogP) is 2.09. The summed E-state index contributed by atoms with van der Waals surface area (Å²) in [5.74, 6) is 0. The average Bonchev–Trinajstić information content (AvgIpc) is 2.55. The number of likely N-dealkylation sites (N-methyl/N-ethyl adjacent to an activating group) is 1. The van der Waals surface area contributed by atoms with Crippen molar-refractivity contribution in [2.45, 2.75) is 12.8 Å². The van der Waals surface area contributed by atoms with Gasteiger partial charge < -0.3 is 0 Å². The molecule has 72 valence electrons. The Bertz CT molecular complexity index is 378. The summed E-state index contributed by atoms with van der Waals surface area (Å²) in [5, 5.41) is 8.63. The van der Waals surface area contributed by atoms with Gasteiger partial charge >= 0.3 is 0 Å². The van der Waals surface area contributed by atoms with Gasteiger partial charge in [0.2, 0.25) is 0 Å². The minimum absolute atomic E-state index is 0.644. The Labute approximate surface area is 85.0 Å². The van der Waals surface area contributed by atoms with Gasteiger partial charge in [-0.15, -0.1) is 0 Å². The number of benzene rings is 1. The van der Waals surface area contributed by atoms with Crippen LogP contribution in [0.2, 0.25) is 0 Å². The molecule has 14 heavy (non-hydrogen) atoms. The van der Waals surface area contributed by atoms with Crippen LogP contribution in [0.4, 0.5) is 5.69 Å². The summed E-state index contributed by atoms with van der Waals surface area (Å²) < 4.78 is 0.934. The first-order chi connectivity index (χ1) is 6.76. The molecule has 1 aromatic carbocycles. The number of nitrogens with zero attached hydrogens (tertiary/aromatic N) is 2. The SMILES string of the molecule is C[N+]1(CCC#N)CCc2ccccc21. The standard InChI is InChI=1S/C12H15N2/c1-14(9-4-8-13)10-7-11-5-2-3-6-12(11)14/h2-3,5-6H,4,7,9-10H2,1H3/q+1. The number of hydrogen-bond acceptors (Lipinski definition) is 1.